The highest BCUT2D eigenvalue weighted by Gasteiger charge is 2.33. The second-order valence-corrected chi connectivity index (χ2v) is 9.53. The number of ether oxygens (including phenoxy) is 2. The quantitative estimate of drug-likeness (QED) is 0.184. The lowest BCUT2D eigenvalue weighted by atomic mass is 10.1. The first-order valence-electron chi connectivity index (χ1n) is 11.0. The van der Waals surface area contributed by atoms with Crippen LogP contribution >= 0.6 is 11.8 Å². The Morgan fingerprint density at radius 3 is 2.39 bits per heavy atom. The number of aromatic nitrogens is 3. The summed E-state index contributed by atoms with van der Waals surface area (Å²) in [6.07, 6.45) is 3.62. The summed E-state index contributed by atoms with van der Waals surface area (Å²) in [7, 11) is 0. The van der Waals surface area contributed by atoms with Crippen LogP contribution in [0.4, 0.5) is 0 Å². The van der Waals surface area contributed by atoms with Crippen LogP contribution in [0.2, 0.25) is 0 Å². The van der Waals surface area contributed by atoms with E-state index in [-0.39, 0.29) is 5.97 Å². The predicted octanol–water partition coefficient (Wildman–Crippen LogP) is 5.92. The molecule has 6 nitrogen and oxygen atoms in total. The van der Waals surface area contributed by atoms with Crippen molar-refractivity contribution in [3.63, 3.8) is 0 Å². The Bertz CT molecular complexity index is 1250. The van der Waals surface area contributed by atoms with Crippen LogP contribution in [0.3, 0.4) is 0 Å². The molecule has 0 bridgehead atoms. The number of benzene rings is 2. The van der Waals surface area contributed by atoms with Crippen LogP contribution in [-0.4, -0.2) is 38.5 Å². The lowest BCUT2D eigenvalue weighted by Crippen LogP contribution is -2.30. The van der Waals surface area contributed by atoms with E-state index in [1.54, 1.807) is 6.33 Å². The van der Waals surface area contributed by atoms with Crippen LogP contribution in [-0.2, 0) is 9.53 Å². The van der Waals surface area contributed by atoms with Gasteiger partial charge in [0.25, 0.3) is 0 Å². The Balaban J connectivity index is 1.88. The minimum atomic E-state index is -0.799. The van der Waals surface area contributed by atoms with Crippen molar-refractivity contribution in [2.75, 3.05) is 13.2 Å². The van der Waals surface area contributed by atoms with Gasteiger partial charge in [0.05, 0.1) is 18.6 Å². The summed E-state index contributed by atoms with van der Waals surface area (Å²) in [6.45, 7) is 8.45. The van der Waals surface area contributed by atoms with Crippen LogP contribution in [0.5, 0.6) is 5.75 Å². The maximum Gasteiger partial charge on any atom is 0.322 e. The number of rotatable bonds is 8. The summed E-state index contributed by atoms with van der Waals surface area (Å²) >= 11 is 1.39. The summed E-state index contributed by atoms with van der Waals surface area (Å²) in [4.78, 5) is 21.8. The summed E-state index contributed by atoms with van der Waals surface area (Å²) in [5, 5.41) is 1.64. The minimum Gasteiger partial charge on any atom is -0.494 e. The molecule has 0 aliphatic carbocycles. The van der Waals surface area contributed by atoms with E-state index in [0.717, 1.165) is 38.6 Å². The molecule has 0 fully saturated rings. The van der Waals surface area contributed by atoms with E-state index in [1.165, 1.54) is 11.8 Å². The topological polar surface area (TPSA) is 66.2 Å². The van der Waals surface area contributed by atoms with Gasteiger partial charge in [-0.1, -0.05) is 42.1 Å². The van der Waals surface area contributed by atoms with Gasteiger partial charge >= 0.3 is 5.97 Å². The lowest BCUT2D eigenvalue weighted by molar-refractivity contribution is -0.145. The Kier molecular flexibility index (Phi) is 6.70. The minimum absolute atomic E-state index is 0.269. The van der Waals surface area contributed by atoms with Gasteiger partial charge in [0.1, 0.15) is 27.5 Å². The molecule has 2 aromatic carbocycles. The van der Waals surface area contributed by atoms with Crippen molar-refractivity contribution in [3.05, 3.63) is 67.1 Å². The highest BCUT2D eigenvalue weighted by Crippen LogP contribution is 2.41. The fourth-order valence-electron chi connectivity index (χ4n) is 3.60. The molecule has 33 heavy (non-hydrogen) atoms. The van der Waals surface area contributed by atoms with Gasteiger partial charge in [-0.2, -0.15) is 0 Å². The maximum atomic E-state index is 12.6. The maximum absolute atomic E-state index is 12.6. The average molecular weight is 462 g/mol. The number of hydrogen-bond donors (Lipinski definition) is 0. The number of carbonyl (C=O) groups excluding carboxylic acids is 1. The third kappa shape index (κ3) is 4.73. The lowest BCUT2D eigenvalue weighted by Gasteiger charge is -2.21. The number of nitrogens with zero attached hydrogens (tertiary/aromatic N) is 3. The Hall–Kier alpha value is -3.32. The van der Waals surface area contributed by atoms with Gasteiger partial charge in [0.2, 0.25) is 0 Å². The fraction of sp³-hybridized carbons (Fsp3) is 0.269. The molecule has 0 spiro atoms. The van der Waals surface area contributed by atoms with Crippen molar-refractivity contribution in [2.45, 2.75) is 37.5 Å². The zero-order valence-corrected chi connectivity index (χ0v) is 20.1. The molecule has 0 aliphatic rings. The van der Waals surface area contributed by atoms with Gasteiger partial charge in [0, 0.05) is 17.4 Å². The van der Waals surface area contributed by atoms with Gasteiger partial charge < -0.3 is 14.0 Å². The summed E-state index contributed by atoms with van der Waals surface area (Å²) < 4.78 is 12.1. The molecule has 7 heteroatoms. The molecular weight excluding hydrogens is 434 g/mol. The molecule has 4 aromatic rings. The van der Waals surface area contributed by atoms with Crippen molar-refractivity contribution in [1.82, 2.24) is 14.5 Å². The molecule has 0 radical (unpaired) electrons. The van der Waals surface area contributed by atoms with Crippen LogP contribution in [0.15, 0.2) is 72.1 Å². The Morgan fingerprint density at radius 1 is 1.00 bits per heavy atom. The number of hydrogen-bond acceptors (Lipinski definition) is 6. The van der Waals surface area contributed by atoms with Crippen molar-refractivity contribution >= 4 is 28.8 Å². The normalized spacial score (nSPS) is 11.5. The summed E-state index contributed by atoms with van der Waals surface area (Å²) in [5.74, 6) is 0.553. The van der Waals surface area contributed by atoms with Gasteiger partial charge in [-0.25, -0.2) is 9.97 Å². The molecule has 0 unspecified atom stereocenters. The standard InChI is InChI=1S/C26H27N3O3S/c1-5-31-20-14-12-19(13-15-20)29-16-21(18-10-8-7-9-11-18)22-23(29)27-17-28-24(22)33-26(3,4)25(30)32-6-2/h7-17H,5-6H2,1-4H3. The molecule has 0 amide bonds. The zero-order chi connectivity index (χ0) is 23.4. The molecule has 2 heterocycles. The van der Waals surface area contributed by atoms with E-state index in [1.807, 2.05) is 70.2 Å². The van der Waals surface area contributed by atoms with Crippen molar-refractivity contribution in [2.24, 2.45) is 0 Å². The Morgan fingerprint density at radius 2 is 1.73 bits per heavy atom. The number of carbonyl (C=O) groups is 1. The smallest absolute Gasteiger partial charge is 0.322 e. The number of fused-ring (bicyclic) bond motifs is 1. The summed E-state index contributed by atoms with van der Waals surface area (Å²) in [5.41, 5.74) is 3.79. The number of thioether (sulfide) groups is 1. The Labute approximate surface area is 198 Å². The van der Waals surface area contributed by atoms with Gasteiger partial charge in [-0.3, -0.25) is 4.79 Å². The highest BCUT2D eigenvalue weighted by atomic mass is 32.2. The van der Waals surface area contributed by atoms with E-state index >= 15 is 0 Å². The van der Waals surface area contributed by atoms with Crippen molar-refractivity contribution < 1.29 is 14.3 Å². The number of esters is 1. The van der Waals surface area contributed by atoms with E-state index in [0.29, 0.717) is 13.2 Å². The van der Waals surface area contributed by atoms with Gasteiger partial charge in [-0.05, 0) is 57.5 Å². The van der Waals surface area contributed by atoms with Crippen LogP contribution in [0.1, 0.15) is 27.7 Å². The predicted molar refractivity (Wildman–Crippen MR) is 132 cm³/mol. The molecule has 4 rings (SSSR count). The molecule has 170 valence electrons. The second kappa shape index (κ2) is 9.67. The van der Waals surface area contributed by atoms with Crippen LogP contribution in [0, 0.1) is 0 Å². The molecule has 2 aromatic heterocycles. The van der Waals surface area contributed by atoms with Gasteiger partial charge in [0.15, 0.2) is 0 Å². The third-order valence-electron chi connectivity index (χ3n) is 5.18. The molecule has 0 saturated carbocycles. The van der Waals surface area contributed by atoms with Crippen LogP contribution in [0.25, 0.3) is 27.8 Å². The van der Waals surface area contributed by atoms with E-state index < -0.39 is 4.75 Å². The monoisotopic (exact) mass is 461 g/mol. The van der Waals surface area contributed by atoms with E-state index in [9.17, 15) is 4.79 Å². The van der Waals surface area contributed by atoms with Crippen molar-refractivity contribution in [1.29, 1.82) is 0 Å². The first kappa shape index (κ1) is 22.9. The zero-order valence-electron chi connectivity index (χ0n) is 19.2. The molecule has 0 N–H and O–H groups in total. The highest BCUT2D eigenvalue weighted by molar-refractivity contribution is 8.01. The van der Waals surface area contributed by atoms with E-state index in [2.05, 4.69) is 32.9 Å². The van der Waals surface area contributed by atoms with E-state index in [4.69, 9.17) is 9.47 Å². The fourth-order valence-corrected chi connectivity index (χ4v) is 4.63. The molecule has 0 saturated heterocycles. The first-order valence-corrected chi connectivity index (χ1v) is 11.8. The first-order chi connectivity index (χ1) is 15.9. The van der Waals surface area contributed by atoms with Crippen LogP contribution < -0.4 is 4.74 Å². The largest absolute Gasteiger partial charge is 0.494 e. The summed E-state index contributed by atoms with van der Waals surface area (Å²) in [6, 6.07) is 18.1. The molecule has 0 atom stereocenters. The average Bonchev–Trinajstić information content (AvgIpc) is 3.21. The second-order valence-electron chi connectivity index (χ2n) is 7.92. The molecule has 0 aliphatic heterocycles. The molecular formula is C26H27N3O3S. The third-order valence-corrected chi connectivity index (χ3v) is 6.36. The SMILES string of the molecule is CCOC(=O)C(C)(C)Sc1ncnc2c1c(-c1ccccc1)cn2-c1ccc(OCC)cc1. The van der Waals surface area contributed by atoms with Crippen molar-refractivity contribution in [3.8, 4) is 22.6 Å². The van der Waals surface area contributed by atoms with Gasteiger partial charge in [-0.15, -0.1) is 0 Å².